The third-order valence-electron chi connectivity index (χ3n) is 2.55. The third kappa shape index (κ3) is 2.55. The van der Waals surface area contributed by atoms with Crippen molar-refractivity contribution in [2.75, 3.05) is 0 Å². The fourth-order valence-corrected chi connectivity index (χ4v) is 1.70. The Hall–Kier alpha value is -0.840. The van der Waals surface area contributed by atoms with E-state index < -0.39 is 0 Å². The van der Waals surface area contributed by atoms with Crippen LogP contribution in [-0.4, -0.2) is 11.0 Å². The van der Waals surface area contributed by atoms with Crippen LogP contribution in [-0.2, 0) is 4.79 Å². The Morgan fingerprint density at radius 2 is 1.92 bits per heavy atom. The summed E-state index contributed by atoms with van der Waals surface area (Å²) in [5, 5.41) is 0.0925. The number of hydrogen-bond acceptors (Lipinski definition) is 2. The van der Waals surface area contributed by atoms with Crippen LogP contribution >= 0.6 is 12.2 Å². The predicted octanol–water partition coefficient (Wildman–Crippen LogP) is 0.431. The first-order valence-electron chi connectivity index (χ1n) is 4.40. The van der Waals surface area contributed by atoms with E-state index in [1.807, 2.05) is 6.92 Å². The molecule has 74 valence electrons. The monoisotopic (exact) mass is 201 g/mol. The van der Waals surface area contributed by atoms with E-state index in [0.29, 0.717) is 0 Å². The molecule has 0 atom stereocenters. The highest BCUT2D eigenvalue weighted by Crippen LogP contribution is 2.37. The number of carbonyl (C=O) groups excluding carboxylic acids is 1. The van der Waals surface area contributed by atoms with E-state index in [1.54, 1.807) is 0 Å². The summed E-state index contributed by atoms with van der Waals surface area (Å²) in [6.45, 7) is 1.97. The normalized spacial score (nSPS) is 19.5. The molecule has 0 aliphatic heterocycles. The summed E-state index contributed by atoms with van der Waals surface area (Å²) in [6.07, 6.45) is 4.13. The molecule has 0 aromatic carbocycles. The van der Waals surface area contributed by atoms with Gasteiger partial charge in [0.1, 0.15) is 0 Å². The number of nitrogens with one attached hydrogen (secondary N) is 2. The van der Waals surface area contributed by atoms with E-state index in [-0.39, 0.29) is 16.4 Å². The number of thiocarbonyl (C=S) groups is 1. The molecule has 0 bridgehead atoms. The van der Waals surface area contributed by atoms with Gasteiger partial charge < -0.3 is 5.73 Å². The van der Waals surface area contributed by atoms with Gasteiger partial charge in [0.2, 0.25) is 5.91 Å². The van der Waals surface area contributed by atoms with E-state index in [2.05, 4.69) is 23.1 Å². The standard InChI is InChI=1S/C8H15N3OS/c1-8(4-2-3-5-8)6(12)10-11-7(9)13/h2-5H2,1H3,(H,10,12)(H3,9,11,13). The van der Waals surface area contributed by atoms with Crippen LogP contribution in [0.1, 0.15) is 32.6 Å². The minimum Gasteiger partial charge on any atom is -0.375 e. The van der Waals surface area contributed by atoms with Gasteiger partial charge in [-0.05, 0) is 25.1 Å². The fraction of sp³-hybridized carbons (Fsp3) is 0.750. The lowest BCUT2D eigenvalue weighted by molar-refractivity contribution is -0.130. The molecule has 4 nitrogen and oxygen atoms in total. The average molecular weight is 201 g/mol. The molecule has 1 amide bonds. The van der Waals surface area contributed by atoms with Gasteiger partial charge >= 0.3 is 0 Å². The molecule has 1 fully saturated rings. The maximum absolute atomic E-state index is 11.6. The van der Waals surface area contributed by atoms with Crippen LogP contribution in [0, 0.1) is 5.41 Å². The number of hydrazine groups is 1. The first-order chi connectivity index (χ1) is 6.04. The average Bonchev–Trinajstić information content (AvgIpc) is 2.49. The maximum atomic E-state index is 11.6. The molecule has 1 aliphatic carbocycles. The Kier molecular flexibility index (Phi) is 3.08. The van der Waals surface area contributed by atoms with E-state index in [9.17, 15) is 4.79 Å². The zero-order valence-electron chi connectivity index (χ0n) is 7.72. The Balaban J connectivity index is 2.42. The van der Waals surface area contributed by atoms with E-state index in [1.165, 1.54) is 0 Å². The molecule has 1 saturated carbocycles. The van der Waals surface area contributed by atoms with Crippen LogP contribution in [0.2, 0.25) is 0 Å². The van der Waals surface area contributed by atoms with Gasteiger partial charge in [0.05, 0.1) is 0 Å². The van der Waals surface area contributed by atoms with Crippen molar-refractivity contribution in [1.29, 1.82) is 0 Å². The van der Waals surface area contributed by atoms with Gasteiger partial charge in [-0.3, -0.25) is 15.6 Å². The summed E-state index contributed by atoms with van der Waals surface area (Å²) in [7, 11) is 0. The summed E-state index contributed by atoms with van der Waals surface area (Å²) in [4.78, 5) is 11.6. The second-order valence-corrected chi connectivity index (χ2v) is 4.15. The second-order valence-electron chi connectivity index (χ2n) is 3.71. The van der Waals surface area contributed by atoms with Crippen LogP contribution in [0.15, 0.2) is 0 Å². The van der Waals surface area contributed by atoms with Crippen LogP contribution in [0.25, 0.3) is 0 Å². The number of hydrogen-bond donors (Lipinski definition) is 3. The van der Waals surface area contributed by atoms with Crippen molar-refractivity contribution in [2.24, 2.45) is 11.1 Å². The van der Waals surface area contributed by atoms with Gasteiger partial charge in [-0.1, -0.05) is 19.8 Å². The summed E-state index contributed by atoms with van der Waals surface area (Å²) in [5.74, 6) is -0.0159. The van der Waals surface area contributed by atoms with Crippen molar-refractivity contribution < 1.29 is 4.79 Å². The smallest absolute Gasteiger partial charge is 0.244 e. The van der Waals surface area contributed by atoms with Crippen molar-refractivity contribution in [3.05, 3.63) is 0 Å². The highest BCUT2D eigenvalue weighted by atomic mass is 32.1. The molecule has 0 aromatic rings. The largest absolute Gasteiger partial charge is 0.375 e. The molecule has 13 heavy (non-hydrogen) atoms. The van der Waals surface area contributed by atoms with Gasteiger partial charge in [0.25, 0.3) is 0 Å². The first kappa shape index (κ1) is 10.2. The summed E-state index contributed by atoms with van der Waals surface area (Å²) < 4.78 is 0. The third-order valence-corrected chi connectivity index (χ3v) is 2.66. The molecule has 1 aliphatic rings. The van der Waals surface area contributed by atoms with Crippen molar-refractivity contribution in [1.82, 2.24) is 10.9 Å². The minimum absolute atomic E-state index is 0.0159. The maximum Gasteiger partial charge on any atom is 0.244 e. The lowest BCUT2D eigenvalue weighted by Gasteiger charge is -2.22. The van der Waals surface area contributed by atoms with Crippen molar-refractivity contribution in [3.63, 3.8) is 0 Å². The quantitative estimate of drug-likeness (QED) is 0.425. The van der Waals surface area contributed by atoms with E-state index in [4.69, 9.17) is 5.73 Å². The SMILES string of the molecule is CC1(C(=O)NNC(N)=S)CCCC1. The topological polar surface area (TPSA) is 67.2 Å². The van der Waals surface area contributed by atoms with Crippen LogP contribution in [0.5, 0.6) is 0 Å². The van der Waals surface area contributed by atoms with E-state index >= 15 is 0 Å². The molecular formula is C8H15N3OS. The molecule has 4 N–H and O–H groups in total. The first-order valence-corrected chi connectivity index (χ1v) is 4.81. The predicted molar refractivity (Wildman–Crippen MR) is 54.6 cm³/mol. The van der Waals surface area contributed by atoms with E-state index in [0.717, 1.165) is 25.7 Å². The van der Waals surface area contributed by atoms with Crippen molar-refractivity contribution in [2.45, 2.75) is 32.6 Å². The highest BCUT2D eigenvalue weighted by Gasteiger charge is 2.36. The zero-order valence-corrected chi connectivity index (χ0v) is 8.54. The van der Waals surface area contributed by atoms with Gasteiger partial charge in [-0.15, -0.1) is 0 Å². The Morgan fingerprint density at radius 1 is 1.38 bits per heavy atom. The second kappa shape index (κ2) is 3.91. The molecule has 5 heteroatoms. The van der Waals surface area contributed by atoms with Crippen molar-refractivity contribution in [3.8, 4) is 0 Å². The summed E-state index contributed by atoms with van der Waals surface area (Å²) in [6, 6.07) is 0. The lowest BCUT2D eigenvalue weighted by atomic mass is 9.88. The van der Waals surface area contributed by atoms with Crippen molar-refractivity contribution >= 4 is 23.2 Å². The van der Waals surface area contributed by atoms with Gasteiger partial charge in [-0.25, -0.2) is 0 Å². The summed E-state index contributed by atoms with van der Waals surface area (Å²) >= 11 is 4.58. The molecular weight excluding hydrogens is 186 g/mol. The number of carbonyl (C=O) groups is 1. The molecule has 0 aromatic heterocycles. The number of nitrogens with two attached hydrogens (primary N) is 1. The molecule has 0 unspecified atom stereocenters. The Bertz CT molecular complexity index is 223. The number of rotatable bonds is 1. The molecule has 0 radical (unpaired) electrons. The van der Waals surface area contributed by atoms with Gasteiger partial charge in [-0.2, -0.15) is 0 Å². The van der Waals surface area contributed by atoms with Crippen LogP contribution in [0.3, 0.4) is 0 Å². The summed E-state index contributed by atoms with van der Waals surface area (Å²) in [5.41, 5.74) is 9.92. The van der Waals surface area contributed by atoms with Gasteiger partial charge in [0.15, 0.2) is 5.11 Å². The highest BCUT2D eigenvalue weighted by molar-refractivity contribution is 7.80. The molecule has 1 rings (SSSR count). The molecule has 0 heterocycles. The Labute approximate surface area is 83.2 Å². The van der Waals surface area contributed by atoms with Crippen LogP contribution < -0.4 is 16.6 Å². The zero-order chi connectivity index (χ0) is 9.90. The number of amides is 1. The lowest BCUT2D eigenvalue weighted by Crippen LogP contribution is -2.49. The van der Waals surface area contributed by atoms with Crippen LogP contribution in [0.4, 0.5) is 0 Å². The molecule has 0 saturated heterocycles. The van der Waals surface area contributed by atoms with Gasteiger partial charge in [0, 0.05) is 5.41 Å². The minimum atomic E-state index is -0.238. The fourth-order valence-electron chi connectivity index (χ4n) is 1.65. The Morgan fingerprint density at radius 3 is 2.38 bits per heavy atom. The molecule has 0 spiro atoms.